The van der Waals surface area contributed by atoms with Gasteiger partial charge in [-0.1, -0.05) is 35.3 Å². The maximum Gasteiger partial charge on any atom is 0.230 e. The zero-order valence-electron chi connectivity index (χ0n) is 16.9. The summed E-state index contributed by atoms with van der Waals surface area (Å²) >= 11 is 12.1. The van der Waals surface area contributed by atoms with Gasteiger partial charge in [-0.25, -0.2) is 4.98 Å². The highest BCUT2D eigenvalue weighted by molar-refractivity contribution is 6.32. The van der Waals surface area contributed by atoms with Crippen molar-refractivity contribution in [2.45, 2.75) is 45.1 Å². The lowest BCUT2D eigenvalue weighted by atomic mass is 10.1. The second-order valence-corrected chi connectivity index (χ2v) is 7.67. The van der Waals surface area contributed by atoms with Crippen LogP contribution in [0.25, 0.3) is 11.8 Å². The summed E-state index contributed by atoms with van der Waals surface area (Å²) in [5.41, 5.74) is 1.42. The van der Waals surface area contributed by atoms with Crippen LogP contribution in [-0.4, -0.2) is 29.3 Å². The Balaban J connectivity index is 2.02. The van der Waals surface area contributed by atoms with E-state index in [4.69, 9.17) is 37.4 Å². The van der Waals surface area contributed by atoms with Crippen molar-refractivity contribution >= 4 is 40.9 Å². The molecule has 0 atom stereocenters. The van der Waals surface area contributed by atoms with E-state index in [1.807, 2.05) is 25.1 Å². The van der Waals surface area contributed by atoms with E-state index in [0.717, 1.165) is 31.2 Å². The molecular weight excluding hydrogens is 427 g/mol. The smallest absolute Gasteiger partial charge is 0.230 e. The topological polar surface area (TPSA) is 73.2 Å². The maximum absolute atomic E-state index is 9.24. The molecule has 30 heavy (non-hydrogen) atoms. The number of oxime groups is 1. The zero-order valence-corrected chi connectivity index (χ0v) is 18.4. The minimum Gasteiger partial charge on any atom is -0.493 e. The molecule has 1 aromatic heterocycles. The van der Waals surface area contributed by atoms with Crippen molar-refractivity contribution < 1.29 is 19.4 Å². The van der Waals surface area contributed by atoms with Crippen molar-refractivity contribution in [3.63, 3.8) is 0 Å². The Morgan fingerprint density at radius 3 is 2.47 bits per heavy atom. The summed E-state index contributed by atoms with van der Waals surface area (Å²) in [6.07, 6.45) is 6.71. The van der Waals surface area contributed by atoms with Crippen molar-refractivity contribution in [2.75, 3.05) is 7.11 Å². The Hall–Kier alpha value is -2.44. The summed E-state index contributed by atoms with van der Waals surface area (Å²) in [7, 11) is 1.61. The van der Waals surface area contributed by atoms with Crippen LogP contribution in [0.4, 0.5) is 0 Å². The highest BCUT2D eigenvalue weighted by atomic mass is 35.5. The van der Waals surface area contributed by atoms with E-state index < -0.39 is 0 Å². The van der Waals surface area contributed by atoms with E-state index in [1.165, 1.54) is 0 Å². The van der Waals surface area contributed by atoms with Gasteiger partial charge in [0.25, 0.3) is 0 Å². The van der Waals surface area contributed by atoms with Crippen LogP contribution in [0, 0.1) is 0 Å². The summed E-state index contributed by atoms with van der Waals surface area (Å²) in [5, 5.41) is 13.0. The Morgan fingerprint density at radius 2 is 1.87 bits per heavy atom. The fraction of sp³-hybridized carbons (Fsp3) is 0.364. The van der Waals surface area contributed by atoms with Crippen LogP contribution < -0.4 is 9.47 Å². The van der Waals surface area contributed by atoms with Crippen LogP contribution in [0.5, 0.6) is 11.5 Å². The third-order valence-electron chi connectivity index (χ3n) is 4.77. The van der Waals surface area contributed by atoms with Gasteiger partial charge in [0.15, 0.2) is 11.5 Å². The SMILES string of the molecule is CCC(=NO)OC(=Cc1cc(Cl)nc(Cl)c1)c1ccc(OC)c(OC2CCCC2)c1. The molecule has 0 amide bonds. The first kappa shape index (κ1) is 22.2. The lowest BCUT2D eigenvalue weighted by Gasteiger charge is -2.18. The minimum atomic E-state index is 0.168. The van der Waals surface area contributed by atoms with Gasteiger partial charge in [0.1, 0.15) is 16.1 Å². The molecule has 0 aliphatic heterocycles. The second kappa shape index (κ2) is 10.5. The molecule has 2 aromatic rings. The summed E-state index contributed by atoms with van der Waals surface area (Å²) in [5.74, 6) is 1.90. The average molecular weight is 451 g/mol. The highest BCUT2D eigenvalue weighted by Gasteiger charge is 2.20. The highest BCUT2D eigenvalue weighted by Crippen LogP contribution is 2.35. The Labute approximate surface area is 186 Å². The molecule has 0 bridgehead atoms. The summed E-state index contributed by atoms with van der Waals surface area (Å²) < 4.78 is 17.5. The number of hydrogen-bond donors (Lipinski definition) is 1. The van der Waals surface area contributed by atoms with Crippen molar-refractivity contribution in [3.8, 4) is 11.5 Å². The minimum absolute atomic E-state index is 0.168. The number of aromatic nitrogens is 1. The fourth-order valence-electron chi connectivity index (χ4n) is 3.29. The molecular formula is C22H24Cl2N2O4. The number of nitrogens with zero attached hydrogens (tertiary/aromatic N) is 2. The number of benzene rings is 1. The van der Waals surface area contributed by atoms with E-state index in [2.05, 4.69) is 10.1 Å². The summed E-state index contributed by atoms with van der Waals surface area (Å²) in [4.78, 5) is 3.96. The molecule has 0 saturated heterocycles. The van der Waals surface area contributed by atoms with Gasteiger partial charge in [0.05, 0.1) is 13.2 Å². The van der Waals surface area contributed by atoms with E-state index in [0.29, 0.717) is 29.2 Å². The molecule has 6 nitrogen and oxygen atoms in total. The molecule has 0 spiro atoms. The second-order valence-electron chi connectivity index (χ2n) is 6.89. The van der Waals surface area contributed by atoms with Gasteiger partial charge in [0.2, 0.25) is 5.90 Å². The Bertz CT molecular complexity index is 920. The van der Waals surface area contributed by atoms with E-state index >= 15 is 0 Å². The van der Waals surface area contributed by atoms with Crippen LogP contribution in [-0.2, 0) is 4.74 Å². The number of rotatable bonds is 7. The van der Waals surface area contributed by atoms with Crippen LogP contribution in [0.1, 0.15) is 50.2 Å². The van der Waals surface area contributed by atoms with Gasteiger partial charge in [-0.3, -0.25) is 0 Å². The van der Waals surface area contributed by atoms with Crippen LogP contribution in [0.2, 0.25) is 10.3 Å². The third kappa shape index (κ3) is 5.80. The maximum atomic E-state index is 9.24. The predicted molar refractivity (Wildman–Crippen MR) is 119 cm³/mol. The van der Waals surface area contributed by atoms with Gasteiger partial charge in [-0.2, -0.15) is 0 Å². The Morgan fingerprint density at radius 1 is 1.17 bits per heavy atom. The molecule has 1 aliphatic rings. The molecule has 1 fully saturated rings. The van der Waals surface area contributed by atoms with Crippen LogP contribution >= 0.6 is 23.2 Å². The molecule has 3 rings (SSSR count). The van der Waals surface area contributed by atoms with Crippen LogP contribution in [0.3, 0.4) is 0 Å². The molecule has 1 aliphatic carbocycles. The number of halogens is 2. The molecule has 1 heterocycles. The monoisotopic (exact) mass is 450 g/mol. The quantitative estimate of drug-likeness (QED) is 0.131. The molecule has 8 heteroatoms. The van der Waals surface area contributed by atoms with E-state index in [1.54, 1.807) is 25.3 Å². The van der Waals surface area contributed by atoms with Gasteiger partial charge >= 0.3 is 0 Å². The van der Waals surface area contributed by atoms with Crippen molar-refractivity contribution in [3.05, 3.63) is 51.8 Å². The number of pyridine rings is 1. The van der Waals surface area contributed by atoms with Crippen LogP contribution in [0.15, 0.2) is 35.5 Å². The predicted octanol–water partition coefficient (Wildman–Crippen LogP) is 6.43. The third-order valence-corrected chi connectivity index (χ3v) is 5.16. The van der Waals surface area contributed by atoms with Gasteiger partial charge in [-0.15, -0.1) is 0 Å². The normalized spacial score (nSPS) is 15.3. The van der Waals surface area contributed by atoms with Gasteiger partial charge < -0.3 is 19.4 Å². The standard InChI is InChI=1S/C22H24Cl2N2O4/c1-3-22(26-27)30-18(10-14-11-20(23)25-21(24)12-14)15-8-9-17(28-2)19(13-15)29-16-6-4-5-7-16/h8-13,16,27H,3-7H2,1-2H3. The lowest BCUT2D eigenvalue weighted by molar-refractivity contribution is 0.200. The molecule has 0 unspecified atom stereocenters. The first-order chi connectivity index (χ1) is 14.5. The average Bonchev–Trinajstić information content (AvgIpc) is 3.23. The number of methoxy groups -OCH3 is 1. The van der Waals surface area contributed by atoms with Crippen molar-refractivity contribution in [1.82, 2.24) is 4.98 Å². The van der Waals surface area contributed by atoms with E-state index in [-0.39, 0.29) is 22.3 Å². The van der Waals surface area contributed by atoms with Crippen molar-refractivity contribution in [1.29, 1.82) is 0 Å². The largest absolute Gasteiger partial charge is 0.493 e. The zero-order chi connectivity index (χ0) is 21.5. The fourth-order valence-corrected chi connectivity index (χ4v) is 3.77. The van der Waals surface area contributed by atoms with E-state index in [9.17, 15) is 5.21 Å². The molecule has 1 aromatic carbocycles. The molecule has 1 N–H and O–H groups in total. The van der Waals surface area contributed by atoms with Crippen molar-refractivity contribution in [2.24, 2.45) is 5.16 Å². The first-order valence-corrected chi connectivity index (χ1v) is 10.6. The molecule has 0 radical (unpaired) electrons. The first-order valence-electron chi connectivity index (χ1n) is 9.81. The lowest BCUT2D eigenvalue weighted by Crippen LogP contribution is -2.12. The van der Waals surface area contributed by atoms with Gasteiger partial charge in [-0.05, 0) is 67.7 Å². The Kier molecular flexibility index (Phi) is 7.82. The summed E-state index contributed by atoms with van der Waals surface area (Å²) in [6.45, 7) is 1.83. The number of hydrogen-bond acceptors (Lipinski definition) is 6. The summed E-state index contributed by atoms with van der Waals surface area (Å²) in [6, 6.07) is 8.86. The molecule has 1 saturated carbocycles. The number of ether oxygens (including phenoxy) is 3. The van der Waals surface area contributed by atoms with Gasteiger partial charge in [0, 0.05) is 12.0 Å². The molecule has 160 valence electrons.